The van der Waals surface area contributed by atoms with Crippen LogP contribution in [0.2, 0.25) is 5.02 Å². The summed E-state index contributed by atoms with van der Waals surface area (Å²) in [6.07, 6.45) is 0.241. The summed E-state index contributed by atoms with van der Waals surface area (Å²) in [4.78, 5) is 31.0. The average Bonchev–Trinajstić information content (AvgIpc) is 2.90. The van der Waals surface area contributed by atoms with Crippen LogP contribution in [0.25, 0.3) is 16.6 Å². The highest BCUT2D eigenvalue weighted by Gasteiger charge is 2.19. The van der Waals surface area contributed by atoms with Crippen LogP contribution >= 0.6 is 11.6 Å². The minimum atomic E-state index is -0.175. The van der Waals surface area contributed by atoms with Crippen LogP contribution < -0.4 is 10.9 Å². The van der Waals surface area contributed by atoms with E-state index in [1.807, 2.05) is 78.9 Å². The molecule has 1 amide bonds. The molecule has 5 nitrogen and oxygen atoms in total. The SMILES string of the molecule is Cc1nc2ccccc2c(=O)n1-c1ccc(Cl)c(NC(=O)CC(c2ccccc2)c2ccccc2)c1. The number of rotatable bonds is 6. The fraction of sp³-hybridized carbons (Fsp3) is 0.100. The molecule has 0 fully saturated rings. The predicted molar refractivity (Wildman–Crippen MR) is 145 cm³/mol. The van der Waals surface area contributed by atoms with Gasteiger partial charge in [-0.2, -0.15) is 0 Å². The lowest BCUT2D eigenvalue weighted by Crippen LogP contribution is -2.22. The summed E-state index contributed by atoms with van der Waals surface area (Å²) in [6.45, 7) is 1.78. The molecule has 5 rings (SSSR count). The third-order valence-electron chi connectivity index (χ3n) is 6.22. The van der Waals surface area contributed by atoms with Gasteiger partial charge in [0.1, 0.15) is 5.82 Å². The Morgan fingerprint density at radius 2 is 1.50 bits per heavy atom. The van der Waals surface area contributed by atoms with Crippen LogP contribution in [0.15, 0.2) is 108 Å². The molecule has 5 aromatic rings. The Hall–Kier alpha value is -4.22. The number of nitrogens with one attached hydrogen (secondary N) is 1. The smallest absolute Gasteiger partial charge is 0.265 e. The van der Waals surface area contributed by atoms with Crippen LogP contribution in [0.5, 0.6) is 0 Å². The van der Waals surface area contributed by atoms with E-state index in [0.29, 0.717) is 33.1 Å². The van der Waals surface area contributed by atoms with E-state index in [4.69, 9.17) is 11.6 Å². The molecule has 0 bridgehead atoms. The van der Waals surface area contributed by atoms with Gasteiger partial charge >= 0.3 is 0 Å². The Balaban J connectivity index is 1.46. The Morgan fingerprint density at radius 1 is 0.889 bits per heavy atom. The Labute approximate surface area is 214 Å². The van der Waals surface area contributed by atoms with Crippen molar-refractivity contribution in [2.24, 2.45) is 0 Å². The third kappa shape index (κ3) is 4.79. The molecule has 0 saturated carbocycles. The highest BCUT2D eigenvalue weighted by atomic mass is 35.5. The Bertz CT molecular complexity index is 1560. The molecule has 1 aromatic heterocycles. The molecule has 0 aliphatic heterocycles. The van der Waals surface area contributed by atoms with E-state index in [1.54, 1.807) is 31.2 Å². The quantitative estimate of drug-likeness (QED) is 0.293. The van der Waals surface area contributed by atoms with Crippen molar-refractivity contribution < 1.29 is 4.79 Å². The zero-order valence-electron chi connectivity index (χ0n) is 19.7. The number of carbonyl (C=O) groups excluding carboxylic acids is 1. The number of amides is 1. The number of fused-ring (bicyclic) bond motifs is 1. The average molecular weight is 494 g/mol. The highest BCUT2D eigenvalue weighted by Crippen LogP contribution is 2.30. The van der Waals surface area contributed by atoms with Crippen molar-refractivity contribution in [1.82, 2.24) is 9.55 Å². The second-order valence-corrected chi connectivity index (χ2v) is 9.01. The number of anilines is 1. The standard InChI is InChI=1S/C30H24ClN3O2/c1-20-32-27-15-9-8-14-24(27)30(36)34(20)23-16-17-26(31)28(18-23)33-29(35)19-25(21-10-4-2-5-11-21)22-12-6-3-7-13-22/h2-18,25H,19H2,1H3,(H,33,35). The number of hydrogen-bond donors (Lipinski definition) is 1. The molecule has 0 atom stereocenters. The molecule has 1 N–H and O–H groups in total. The van der Waals surface area contributed by atoms with E-state index in [0.717, 1.165) is 11.1 Å². The molecular weight excluding hydrogens is 470 g/mol. The number of halogens is 1. The van der Waals surface area contributed by atoms with E-state index >= 15 is 0 Å². The first kappa shape index (κ1) is 23.5. The first-order chi connectivity index (χ1) is 17.5. The fourth-order valence-electron chi connectivity index (χ4n) is 4.48. The number of benzene rings is 4. The number of aryl methyl sites for hydroxylation is 1. The third-order valence-corrected chi connectivity index (χ3v) is 6.55. The van der Waals surface area contributed by atoms with Gasteiger partial charge < -0.3 is 5.32 Å². The topological polar surface area (TPSA) is 64.0 Å². The van der Waals surface area contributed by atoms with Gasteiger partial charge in [-0.1, -0.05) is 84.4 Å². The van der Waals surface area contributed by atoms with Crippen LogP contribution in [0.3, 0.4) is 0 Å². The van der Waals surface area contributed by atoms with Crippen LogP contribution in [0, 0.1) is 6.92 Å². The van der Waals surface area contributed by atoms with Gasteiger partial charge in [0, 0.05) is 12.3 Å². The first-order valence-corrected chi connectivity index (χ1v) is 12.1. The van der Waals surface area contributed by atoms with Crippen LogP contribution in [0.1, 0.15) is 29.3 Å². The summed E-state index contributed by atoms with van der Waals surface area (Å²) >= 11 is 6.46. The maximum absolute atomic E-state index is 13.2. The van der Waals surface area contributed by atoms with Crippen molar-refractivity contribution in [2.45, 2.75) is 19.3 Å². The van der Waals surface area contributed by atoms with Crippen LogP contribution in [-0.2, 0) is 4.79 Å². The molecule has 0 unspecified atom stereocenters. The predicted octanol–water partition coefficient (Wildman–Crippen LogP) is 6.51. The van der Waals surface area contributed by atoms with Gasteiger partial charge in [0.15, 0.2) is 0 Å². The maximum Gasteiger partial charge on any atom is 0.265 e. The molecular formula is C30H24ClN3O2. The van der Waals surface area contributed by atoms with E-state index in [9.17, 15) is 9.59 Å². The van der Waals surface area contributed by atoms with Crippen LogP contribution in [-0.4, -0.2) is 15.5 Å². The van der Waals surface area contributed by atoms with Crippen molar-refractivity contribution in [3.8, 4) is 5.69 Å². The van der Waals surface area contributed by atoms with Gasteiger partial charge in [-0.3, -0.25) is 14.2 Å². The van der Waals surface area contributed by atoms with Gasteiger partial charge in [-0.05, 0) is 48.4 Å². The molecule has 0 aliphatic rings. The second-order valence-electron chi connectivity index (χ2n) is 8.61. The highest BCUT2D eigenvalue weighted by molar-refractivity contribution is 6.33. The van der Waals surface area contributed by atoms with Crippen molar-refractivity contribution >= 4 is 34.1 Å². The lowest BCUT2D eigenvalue weighted by Gasteiger charge is -2.19. The molecule has 0 aliphatic carbocycles. The van der Waals surface area contributed by atoms with Gasteiger partial charge in [0.05, 0.1) is 27.3 Å². The number of nitrogens with zero attached hydrogens (tertiary/aromatic N) is 2. The largest absolute Gasteiger partial charge is 0.325 e. The molecule has 0 saturated heterocycles. The summed E-state index contributed by atoms with van der Waals surface area (Å²) in [5.74, 6) is 0.267. The first-order valence-electron chi connectivity index (χ1n) is 11.7. The van der Waals surface area contributed by atoms with E-state index in [2.05, 4.69) is 10.3 Å². The van der Waals surface area contributed by atoms with Gasteiger partial charge in [-0.25, -0.2) is 4.98 Å². The van der Waals surface area contributed by atoms with Gasteiger partial charge in [-0.15, -0.1) is 0 Å². The van der Waals surface area contributed by atoms with Gasteiger partial charge in [0.25, 0.3) is 5.56 Å². The number of para-hydroxylation sites is 1. The summed E-state index contributed by atoms with van der Waals surface area (Å²) in [6, 6.07) is 32.3. The monoisotopic (exact) mass is 493 g/mol. The lowest BCUT2D eigenvalue weighted by atomic mass is 9.88. The minimum absolute atomic E-state index is 0.107. The lowest BCUT2D eigenvalue weighted by molar-refractivity contribution is -0.116. The fourth-order valence-corrected chi connectivity index (χ4v) is 4.65. The van der Waals surface area contributed by atoms with Gasteiger partial charge in [0.2, 0.25) is 5.91 Å². The van der Waals surface area contributed by atoms with E-state index in [1.165, 1.54) is 4.57 Å². The number of carbonyl (C=O) groups is 1. The van der Waals surface area contributed by atoms with Crippen molar-refractivity contribution in [2.75, 3.05) is 5.32 Å². The maximum atomic E-state index is 13.2. The molecule has 6 heteroatoms. The molecule has 178 valence electrons. The normalized spacial score (nSPS) is 11.1. The molecule has 0 spiro atoms. The summed E-state index contributed by atoms with van der Waals surface area (Å²) in [7, 11) is 0. The number of aromatic nitrogens is 2. The number of hydrogen-bond acceptors (Lipinski definition) is 3. The molecule has 1 heterocycles. The van der Waals surface area contributed by atoms with E-state index < -0.39 is 0 Å². The Kier molecular flexibility index (Phi) is 6.65. The van der Waals surface area contributed by atoms with Crippen LogP contribution in [0.4, 0.5) is 5.69 Å². The summed E-state index contributed by atoms with van der Waals surface area (Å²) in [5.41, 5.74) is 3.61. The molecule has 36 heavy (non-hydrogen) atoms. The molecule has 4 aromatic carbocycles. The summed E-state index contributed by atoms with van der Waals surface area (Å²) < 4.78 is 1.53. The Morgan fingerprint density at radius 3 is 2.17 bits per heavy atom. The minimum Gasteiger partial charge on any atom is -0.325 e. The van der Waals surface area contributed by atoms with Crippen molar-refractivity contribution in [3.63, 3.8) is 0 Å². The molecule has 0 radical (unpaired) electrons. The summed E-state index contributed by atoms with van der Waals surface area (Å²) in [5, 5.41) is 3.88. The van der Waals surface area contributed by atoms with Crippen molar-refractivity contribution in [1.29, 1.82) is 0 Å². The second kappa shape index (κ2) is 10.2. The van der Waals surface area contributed by atoms with E-state index in [-0.39, 0.29) is 23.8 Å². The zero-order valence-corrected chi connectivity index (χ0v) is 20.4. The zero-order chi connectivity index (χ0) is 25.1. The van der Waals surface area contributed by atoms with Crippen molar-refractivity contribution in [3.05, 3.63) is 135 Å².